The lowest BCUT2D eigenvalue weighted by Gasteiger charge is -2.18. The Morgan fingerprint density at radius 1 is 1.53 bits per heavy atom. The number of benzene rings is 1. The van der Waals surface area contributed by atoms with Crippen LogP contribution in [0.2, 0.25) is 0 Å². The molecule has 0 unspecified atom stereocenters. The van der Waals surface area contributed by atoms with Gasteiger partial charge in [-0.25, -0.2) is 4.39 Å². The number of hydrogen-bond acceptors (Lipinski definition) is 3. The van der Waals surface area contributed by atoms with Gasteiger partial charge in [0.15, 0.2) is 0 Å². The molecule has 0 saturated heterocycles. The fourth-order valence-electron chi connectivity index (χ4n) is 1.78. The molecule has 0 heterocycles. The predicted molar refractivity (Wildman–Crippen MR) is 77.3 cm³/mol. The molecule has 0 spiro atoms. The van der Waals surface area contributed by atoms with E-state index in [1.807, 2.05) is 6.92 Å². The molecule has 1 rings (SSSR count). The van der Waals surface area contributed by atoms with Crippen LogP contribution in [-0.4, -0.2) is 35.9 Å². The van der Waals surface area contributed by atoms with Crippen LogP contribution in [0.4, 0.5) is 4.39 Å². The molecule has 0 aromatic heterocycles. The summed E-state index contributed by atoms with van der Waals surface area (Å²) in [6, 6.07) is 4.28. The van der Waals surface area contributed by atoms with Gasteiger partial charge in [-0.3, -0.25) is 9.69 Å². The van der Waals surface area contributed by atoms with Crippen LogP contribution in [-0.2, 0) is 11.3 Å². The average molecular weight is 283 g/mol. The molecule has 0 saturated carbocycles. The third kappa shape index (κ3) is 4.92. The fraction of sp³-hybridized carbons (Fsp3) is 0.385. The Labute approximate surface area is 117 Å². The molecule has 1 amide bonds. The molecule has 0 fully saturated rings. The van der Waals surface area contributed by atoms with E-state index in [9.17, 15) is 9.18 Å². The molecule has 104 valence electrons. The van der Waals surface area contributed by atoms with E-state index < -0.39 is 0 Å². The number of thiocarbonyl (C=S) groups is 1. The number of nitrogens with two attached hydrogens (primary N) is 1. The van der Waals surface area contributed by atoms with Crippen LogP contribution in [0, 0.1) is 5.82 Å². The molecule has 1 aromatic carbocycles. The van der Waals surface area contributed by atoms with Crippen LogP contribution >= 0.6 is 12.2 Å². The number of amides is 1. The highest BCUT2D eigenvalue weighted by atomic mass is 32.1. The maximum absolute atomic E-state index is 13.3. The summed E-state index contributed by atoms with van der Waals surface area (Å²) >= 11 is 4.93. The number of carbonyl (C=O) groups excluding carboxylic acids is 1. The molecule has 4 nitrogen and oxygen atoms in total. The van der Waals surface area contributed by atoms with Gasteiger partial charge in [0.1, 0.15) is 10.8 Å². The van der Waals surface area contributed by atoms with Crippen molar-refractivity contribution < 1.29 is 9.18 Å². The van der Waals surface area contributed by atoms with E-state index in [1.54, 1.807) is 18.0 Å². The highest BCUT2D eigenvalue weighted by Crippen LogP contribution is 2.13. The van der Waals surface area contributed by atoms with E-state index in [4.69, 9.17) is 18.0 Å². The second kappa shape index (κ2) is 7.16. The maximum atomic E-state index is 13.3. The van der Waals surface area contributed by atoms with E-state index >= 15 is 0 Å². The summed E-state index contributed by atoms with van der Waals surface area (Å²) in [6.45, 7) is 3.09. The summed E-state index contributed by atoms with van der Waals surface area (Å²) in [5.41, 5.74) is 6.92. The molecule has 1 aromatic rings. The number of halogens is 1. The number of rotatable bonds is 6. The number of likely N-dealkylation sites (N-methyl/N-ethyl adjacent to an activating group) is 2. The largest absolute Gasteiger partial charge is 0.389 e. The Kier molecular flexibility index (Phi) is 5.85. The van der Waals surface area contributed by atoms with Crippen molar-refractivity contribution in [2.75, 3.05) is 20.1 Å². The molecule has 0 aliphatic carbocycles. The topological polar surface area (TPSA) is 58.4 Å². The van der Waals surface area contributed by atoms with Gasteiger partial charge in [-0.05, 0) is 37.7 Å². The maximum Gasteiger partial charge on any atom is 0.234 e. The number of nitrogens with zero attached hydrogens (tertiary/aromatic N) is 1. The van der Waals surface area contributed by atoms with Gasteiger partial charge in [0.2, 0.25) is 5.91 Å². The Balaban J connectivity index is 2.78. The lowest BCUT2D eigenvalue weighted by atomic mass is 10.1. The Bertz CT molecular complexity index is 479. The normalized spacial score (nSPS) is 10.5. The smallest absolute Gasteiger partial charge is 0.234 e. The molecule has 0 bridgehead atoms. The van der Waals surface area contributed by atoms with Gasteiger partial charge in [-0.15, -0.1) is 0 Å². The first-order valence-corrected chi connectivity index (χ1v) is 6.38. The number of carbonyl (C=O) groups is 1. The summed E-state index contributed by atoms with van der Waals surface area (Å²) in [7, 11) is 1.78. The van der Waals surface area contributed by atoms with Crippen LogP contribution in [0.15, 0.2) is 18.2 Å². The zero-order valence-electron chi connectivity index (χ0n) is 11.1. The molecule has 6 heteroatoms. The minimum absolute atomic E-state index is 0.0710. The minimum atomic E-state index is -0.346. The van der Waals surface area contributed by atoms with Gasteiger partial charge in [-0.2, -0.15) is 0 Å². The first-order valence-electron chi connectivity index (χ1n) is 5.97. The number of nitrogens with one attached hydrogen (secondary N) is 1. The van der Waals surface area contributed by atoms with Crippen molar-refractivity contribution in [3.05, 3.63) is 35.1 Å². The van der Waals surface area contributed by atoms with E-state index in [0.717, 1.165) is 0 Å². The van der Waals surface area contributed by atoms with Crippen LogP contribution in [0.25, 0.3) is 0 Å². The second-order valence-electron chi connectivity index (χ2n) is 4.29. The summed E-state index contributed by atoms with van der Waals surface area (Å²) in [6.07, 6.45) is 0. The van der Waals surface area contributed by atoms with Crippen LogP contribution in [0.3, 0.4) is 0 Å². The third-order valence-electron chi connectivity index (χ3n) is 2.56. The lowest BCUT2D eigenvalue weighted by Crippen LogP contribution is -2.35. The van der Waals surface area contributed by atoms with Crippen molar-refractivity contribution in [1.82, 2.24) is 10.2 Å². The summed E-state index contributed by atoms with van der Waals surface area (Å²) in [5, 5.41) is 2.71. The van der Waals surface area contributed by atoms with Gasteiger partial charge in [0, 0.05) is 18.7 Å². The molecule has 0 radical (unpaired) electrons. The zero-order valence-corrected chi connectivity index (χ0v) is 11.9. The van der Waals surface area contributed by atoms with Crippen molar-refractivity contribution in [3.8, 4) is 0 Å². The van der Waals surface area contributed by atoms with E-state index in [0.29, 0.717) is 24.2 Å². The molecular formula is C13H18FN3OS. The van der Waals surface area contributed by atoms with E-state index in [1.165, 1.54) is 12.1 Å². The van der Waals surface area contributed by atoms with Crippen molar-refractivity contribution in [2.24, 2.45) is 5.73 Å². The summed E-state index contributed by atoms with van der Waals surface area (Å²) in [4.78, 5) is 13.5. The molecule has 3 N–H and O–H groups in total. The third-order valence-corrected chi connectivity index (χ3v) is 2.78. The average Bonchev–Trinajstić information content (AvgIpc) is 2.28. The minimum Gasteiger partial charge on any atom is -0.389 e. The fourth-order valence-corrected chi connectivity index (χ4v) is 1.98. The Morgan fingerprint density at radius 2 is 2.21 bits per heavy atom. The molecule has 0 aliphatic rings. The van der Waals surface area contributed by atoms with Crippen molar-refractivity contribution in [1.29, 1.82) is 0 Å². The van der Waals surface area contributed by atoms with Gasteiger partial charge < -0.3 is 11.1 Å². The summed E-state index contributed by atoms with van der Waals surface area (Å²) in [5.74, 6) is -0.417. The van der Waals surface area contributed by atoms with E-state index in [2.05, 4.69) is 5.32 Å². The van der Waals surface area contributed by atoms with E-state index in [-0.39, 0.29) is 23.3 Å². The highest BCUT2D eigenvalue weighted by Gasteiger charge is 2.11. The van der Waals surface area contributed by atoms with Crippen molar-refractivity contribution in [3.63, 3.8) is 0 Å². The van der Waals surface area contributed by atoms with Crippen LogP contribution in [0.5, 0.6) is 0 Å². The van der Waals surface area contributed by atoms with Crippen molar-refractivity contribution in [2.45, 2.75) is 13.5 Å². The monoisotopic (exact) mass is 283 g/mol. The molecular weight excluding hydrogens is 265 g/mol. The van der Waals surface area contributed by atoms with Gasteiger partial charge in [0.25, 0.3) is 0 Å². The van der Waals surface area contributed by atoms with Gasteiger partial charge >= 0.3 is 0 Å². The highest BCUT2D eigenvalue weighted by molar-refractivity contribution is 7.80. The molecule has 0 aliphatic heterocycles. The molecule has 19 heavy (non-hydrogen) atoms. The lowest BCUT2D eigenvalue weighted by molar-refractivity contribution is -0.121. The molecule has 0 atom stereocenters. The van der Waals surface area contributed by atoms with Crippen molar-refractivity contribution >= 4 is 23.1 Å². The second-order valence-corrected chi connectivity index (χ2v) is 4.73. The van der Waals surface area contributed by atoms with Gasteiger partial charge in [-0.1, -0.05) is 12.2 Å². The van der Waals surface area contributed by atoms with Crippen LogP contribution in [0.1, 0.15) is 18.1 Å². The Hall–Kier alpha value is -1.53. The van der Waals surface area contributed by atoms with Crippen LogP contribution < -0.4 is 11.1 Å². The SMILES string of the molecule is CCNC(=O)CN(C)Cc1cc(F)ccc1C(N)=S. The quantitative estimate of drug-likeness (QED) is 0.766. The summed E-state index contributed by atoms with van der Waals surface area (Å²) < 4.78 is 13.3. The Morgan fingerprint density at radius 3 is 2.79 bits per heavy atom. The zero-order chi connectivity index (χ0) is 14.4. The van der Waals surface area contributed by atoms with Gasteiger partial charge in [0.05, 0.1) is 6.54 Å². The first-order chi connectivity index (χ1) is 8.93. The number of hydrogen-bond donors (Lipinski definition) is 2. The standard InChI is InChI=1S/C13H18FN3OS/c1-3-16-12(18)8-17(2)7-9-6-10(14)4-5-11(9)13(15)19/h4-6H,3,7-8H2,1-2H3,(H2,15,19)(H,16,18). The predicted octanol–water partition coefficient (Wildman–Crippen LogP) is 1.03. The first kappa shape index (κ1) is 15.5.